The Kier molecular flexibility index (Phi) is 6.47. The Bertz CT molecular complexity index is 462. The van der Waals surface area contributed by atoms with Gasteiger partial charge in [-0.3, -0.25) is 9.69 Å². The predicted molar refractivity (Wildman–Crippen MR) is 70.7 cm³/mol. The fraction of sp³-hybridized carbons (Fsp3) is 0.462. The van der Waals surface area contributed by atoms with E-state index < -0.39 is 23.4 Å². The summed E-state index contributed by atoms with van der Waals surface area (Å²) >= 11 is 0. The van der Waals surface area contributed by atoms with Crippen LogP contribution in [0.3, 0.4) is 0 Å². The zero-order chi connectivity index (χ0) is 15.1. The summed E-state index contributed by atoms with van der Waals surface area (Å²) in [6, 6.07) is 1.75. The van der Waals surface area contributed by atoms with Crippen LogP contribution in [0, 0.1) is 17.5 Å². The van der Waals surface area contributed by atoms with Crippen LogP contribution in [0.5, 0.6) is 0 Å². The molecule has 1 rings (SSSR count). The first kappa shape index (κ1) is 16.5. The number of carbonyl (C=O) groups excluding carboxylic acids is 1. The molecule has 0 bridgehead atoms. The third-order valence-corrected chi connectivity index (χ3v) is 2.66. The molecule has 0 atom stereocenters. The van der Waals surface area contributed by atoms with Crippen LogP contribution in [0.2, 0.25) is 0 Å². The predicted octanol–water partition coefficient (Wildman–Crippen LogP) is 1.71. The van der Waals surface area contributed by atoms with Crippen molar-refractivity contribution < 1.29 is 18.0 Å². The number of benzene rings is 1. The molecule has 0 saturated heterocycles. The maximum absolute atomic E-state index is 13.4. The van der Waals surface area contributed by atoms with Crippen LogP contribution in [0.15, 0.2) is 12.1 Å². The topological polar surface area (TPSA) is 58.4 Å². The zero-order valence-corrected chi connectivity index (χ0v) is 11.3. The molecule has 0 aromatic heterocycles. The van der Waals surface area contributed by atoms with E-state index >= 15 is 0 Å². The quantitative estimate of drug-likeness (QED) is 0.751. The summed E-state index contributed by atoms with van der Waals surface area (Å²) in [4.78, 5) is 13.5. The molecule has 7 heteroatoms. The summed E-state index contributed by atoms with van der Waals surface area (Å²) in [5.74, 6) is -4.80. The first-order chi connectivity index (χ1) is 9.49. The van der Waals surface area contributed by atoms with E-state index in [4.69, 9.17) is 5.73 Å². The van der Waals surface area contributed by atoms with E-state index in [1.54, 1.807) is 4.90 Å². The van der Waals surface area contributed by atoms with Gasteiger partial charge in [-0.1, -0.05) is 6.92 Å². The second kappa shape index (κ2) is 7.86. The van der Waals surface area contributed by atoms with E-state index in [1.165, 1.54) is 0 Å². The van der Waals surface area contributed by atoms with E-state index in [-0.39, 0.29) is 12.2 Å². The van der Waals surface area contributed by atoms with Gasteiger partial charge in [0.1, 0.15) is 0 Å². The molecule has 112 valence electrons. The lowest BCUT2D eigenvalue weighted by atomic mass is 10.2. The van der Waals surface area contributed by atoms with Gasteiger partial charge in [0.05, 0.1) is 12.2 Å². The molecule has 0 heterocycles. The van der Waals surface area contributed by atoms with Crippen molar-refractivity contribution in [2.75, 3.05) is 31.5 Å². The molecule has 0 fully saturated rings. The highest BCUT2D eigenvalue weighted by Crippen LogP contribution is 2.19. The summed E-state index contributed by atoms with van der Waals surface area (Å²) < 4.78 is 39.2. The Morgan fingerprint density at radius 1 is 1.25 bits per heavy atom. The molecular weight excluding hydrogens is 271 g/mol. The molecule has 1 aromatic carbocycles. The van der Waals surface area contributed by atoms with Gasteiger partial charge in [0.2, 0.25) is 5.91 Å². The highest BCUT2D eigenvalue weighted by molar-refractivity contribution is 5.92. The van der Waals surface area contributed by atoms with Crippen molar-refractivity contribution in [1.29, 1.82) is 0 Å². The lowest BCUT2D eigenvalue weighted by molar-refractivity contribution is -0.117. The molecule has 0 aliphatic rings. The molecule has 0 unspecified atom stereocenters. The molecule has 20 heavy (non-hydrogen) atoms. The van der Waals surface area contributed by atoms with Crippen molar-refractivity contribution >= 4 is 11.6 Å². The smallest absolute Gasteiger partial charge is 0.238 e. The Hall–Kier alpha value is -1.60. The molecule has 0 saturated carbocycles. The molecule has 0 aliphatic carbocycles. The minimum absolute atomic E-state index is 0.0173. The van der Waals surface area contributed by atoms with Gasteiger partial charge in [-0.15, -0.1) is 0 Å². The maximum Gasteiger partial charge on any atom is 0.238 e. The number of carbonyl (C=O) groups is 1. The number of nitrogens with one attached hydrogen (secondary N) is 1. The van der Waals surface area contributed by atoms with E-state index in [9.17, 15) is 18.0 Å². The van der Waals surface area contributed by atoms with Gasteiger partial charge < -0.3 is 11.1 Å². The molecule has 0 spiro atoms. The summed E-state index contributed by atoms with van der Waals surface area (Å²) in [7, 11) is 0. The molecule has 3 N–H and O–H groups in total. The third kappa shape index (κ3) is 4.50. The van der Waals surface area contributed by atoms with Crippen molar-refractivity contribution in [1.82, 2.24) is 4.90 Å². The largest absolute Gasteiger partial charge is 0.329 e. The number of nitrogens with two attached hydrogens (primary N) is 1. The van der Waals surface area contributed by atoms with Crippen LogP contribution >= 0.6 is 0 Å². The van der Waals surface area contributed by atoms with Gasteiger partial charge in [-0.25, -0.2) is 13.2 Å². The number of hydrogen-bond donors (Lipinski definition) is 2. The minimum Gasteiger partial charge on any atom is -0.329 e. The molecule has 0 radical (unpaired) electrons. The second-order valence-electron chi connectivity index (χ2n) is 4.34. The Balaban J connectivity index is 2.68. The van der Waals surface area contributed by atoms with E-state index in [1.807, 2.05) is 6.92 Å². The van der Waals surface area contributed by atoms with Crippen LogP contribution in [-0.4, -0.2) is 37.0 Å². The number of hydrogen-bond acceptors (Lipinski definition) is 3. The summed E-state index contributed by atoms with van der Waals surface area (Å²) in [6.45, 7) is 3.57. The van der Waals surface area contributed by atoms with Gasteiger partial charge in [-0.05, 0) is 25.1 Å². The van der Waals surface area contributed by atoms with Crippen LogP contribution < -0.4 is 11.1 Å². The van der Waals surface area contributed by atoms with Gasteiger partial charge >= 0.3 is 0 Å². The number of rotatable bonds is 7. The maximum atomic E-state index is 13.4. The van der Waals surface area contributed by atoms with Crippen molar-refractivity contribution in [3.8, 4) is 0 Å². The van der Waals surface area contributed by atoms with Gasteiger partial charge in [0.25, 0.3) is 0 Å². The molecule has 4 nitrogen and oxygen atoms in total. The summed E-state index contributed by atoms with van der Waals surface area (Å²) in [6.07, 6.45) is 0.840. The zero-order valence-electron chi connectivity index (χ0n) is 11.3. The molecular formula is C13H18F3N3O. The number of anilines is 1. The Morgan fingerprint density at radius 3 is 2.55 bits per heavy atom. The van der Waals surface area contributed by atoms with Crippen LogP contribution in [-0.2, 0) is 4.79 Å². The van der Waals surface area contributed by atoms with Gasteiger partial charge in [-0.2, -0.15) is 0 Å². The van der Waals surface area contributed by atoms with E-state index in [0.717, 1.165) is 18.6 Å². The average Bonchev–Trinajstić information content (AvgIpc) is 2.40. The Morgan fingerprint density at radius 2 is 1.95 bits per heavy atom. The van der Waals surface area contributed by atoms with Crippen LogP contribution in [0.1, 0.15) is 13.3 Å². The second-order valence-corrected chi connectivity index (χ2v) is 4.34. The first-order valence-corrected chi connectivity index (χ1v) is 6.35. The van der Waals surface area contributed by atoms with Crippen LogP contribution in [0.4, 0.5) is 18.9 Å². The van der Waals surface area contributed by atoms with Crippen molar-refractivity contribution in [3.63, 3.8) is 0 Å². The summed E-state index contributed by atoms with van der Waals surface area (Å²) in [5, 5.41) is 2.22. The van der Waals surface area contributed by atoms with E-state index in [0.29, 0.717) is 19.6 Å². The van der Waals surface area contributed by atoms with Crippen molar-refractivity contribution in [2.45, 2.75) is 13.3 Å². The highest BCUT2D eigenvalue weighted by Gasteiger charge is 2.16. The lowest BCUT2D eigenvalue weighted by Gasteiger charge is -2.20. The van der Waals surface area contributed by atoms with Crippen molar-refractivity contribution in [3.05, 3.63) is 29.6 Å². The molecule has 1 aromatic rings. The standard InChI is InChI=1S/C13H18F3N3O/c1-2-6-19(7-5-17)8-11(20)18-10-4-3-9(14)12(15)13(10)16/h3-4H,2,5-8,17H2,1H3,(H,18,20). The fourth-order valence-corrected chi connectivity index (χ4v) is 1.78. The molecule has 1 amide bonds. The van der Waals surface area contributed by atoms with Crippen LogP contribution in [0.25, 0.3) is 0 Å². The van der Waals surface area contributed by atoms with E-state index in [2.05, 4.69) is 5.32 Å². The normalized spacial score (nSPS) is 10.9. The fourth-order valence-electron chi connectivity index (χ4n) is 1.78. The van der Waals surface area contributed by atoms with Gasteiger partial charge in [0, 0.05) is 13.1 Å². The third-order valence-electron chi connectivity index (χ3n) is 2.66. The van der Waals surface area contributed by atoms with Crippen molar-refractivity contribution in [2.24, 2.45) is 5.73 Å². The highest BCUT2D eigenvalue weighted by atomic mass is 19.2. The Labute approximate surface area is 115 Å². The lowest BCUT2D eigenvalue weighted by Crippen LogP contribution is -2.37. The minimum atomic E-state index is -1.60. The number of amides is 1. The number of halogens is 3. The SMILES string of the molecule is CCCN(CCN)CC(=O)Nc1ccc(F)c(F)c1F. The average molecular weight is 289 g/mol. The molecule has 0 aliphatic heterocycles. The number of nitrogens with zero attached hydrogens (tertiary/aromatic N) is 1. The summed E-state index contributed by atoms with van der Waals surface area (Å²) in [5.41, 5.74) is 5.05. The monoisotopic (exact) mass is 289 g/mol. The first-order valence-electron chi connectivity index (χ1n) is 6.35. The van der Waals surface area contributed by atoms with Gasteiger partial charge in [0.15, 0.2) is 17.5 Å².